The molecule has 0 aliphatic carbocycles. The molecule has 90 valence electrons. The van der Waals surface area contributed by atoms with E-state index in [2.05, 4.69) is 6.07 Å². The van der Waals surface area contributed by atoms with Crippen molar-refractivity contribution >= 4 is 17.2 Å². The second-order valence-corrected chi connectivity index (χ2v) is 4.94. The minimum Gasteiger partial charge on any atom is -0.378 e. The molecule has 4 nitrogen and oxygen atoms in total. The zero-order valence-corrected chi connectivity index (χ0v) is 10.3. The maximum atomic E-state index is 12.1. The van der Waals surface area contributed by atoms with E-state index in [1.165, 1.54) is 0 Å². The Kier molecular flexibility index (Phi) is 4.13. The zero-order chi connectivity index (χ0) is 12.1. The van der Waals surface area contributed by atoms with E-state index in [0.717, 1.165) is 4.88 Å². The number of nitrogens with zero attached hydrogens (tertiary/aromatic N) is 2. The molecule has 1 aliphatic rings. The Labute approximate surface area is 104 Å². The smallest absolute Gasteiger partial charge is 0.240 e. The lowest BCUT2D eigenvalue weighted by molar-refractivity contribution is -0.137. The summed E-state index contributed by atoms with van der Waals surface area (Å²) in [5.74, 6) is -0.629. The first-order valence-corrected chi connectivity index (χ1v) is 6.48. The molecular formula is C12H14N2O2S. The number of ether oxygens (including phenoxy) is 1. The van der Waals surface area contributed by atoms with E-state index in [9.17, 15) is 4.79 Å². The second kappa shape index (κ2) is 5.80. The Morgan fingerprint density at radius 2 is 2.35 bits per heavy atom. The summed E-state index contributed by atoms with van der Waals surface area (Å²) in [6, 6.07) is 6.01. The molecule has 0 radical (unpaired) electrons. The average Bonchev–Trinajstić information content (AvgIpc) is 2.89. The molecular weight excluding hydrogens is 236 g/mol. The van der Waals surface area contributed by atoms with Crippen molar-refractivity contribution in [3.05, 3.63) is 22.4 Å². The van der Waals surface area contributed by atoms with Crippen molar-refractivity contribution in [2.45, 2.75) is 6.42 Å². The van der Waals surface area contributed by atoms with Crippen LogP contribution in [0.25, 0.3) is 0 Å². The summed E-state index contributed by atoms with van der Waals surface area (Å²) in [6.07, 6.45) is 0.518. The number of thiophene rings is 1. The van der Waals surface area contributed by atoms with Crippen LogP contribution >= 0.6 is 11.3 Å². The Balaban J connectivity index is 1.97. The van der Waals surface area contributed by atoms with Crippen LogP contribution in [-0.4, -0.2) is 37.1 Å². The molecule has 2 rings (SSSR count). The fraction of sp³-hybridized carbons (Fsp3) is 0.500. The van der Waals surface area contributed by atoms with Gasteiger partial charge in [-0.15, -0.1) is 11.3 Å². The minimum absolute atomic E-state index is 0.0656. The van der Waals surface area contributed by atoms with Crippen LogP contribution < -0.4 is 0 Å². The molecule has 0 spiro atoms. The van der Waals surface area contributed by atoms with Gasteiger partial charge in [-0.2, -0.15) is 5.26 Å². The molecule has 0 bridgehead atoms. The third-order valence-corrected chi connectivity index (χ3v) is 3.66. The molecule has 2 heterocycles. The first-order valence-electron chi connectivity index (χ1n) is 5.60. The number of hydrogen-bond donors (Lipinski definition) is 0. The van der Waals surface area contributed by atoms with Crippen LogP contribution in [-0.2, 0) is 16.0 Å². The largest absolute Gasteiger partial charge is 0.378 e. The highest BCUT2D eigenvalue weighted by molar-refractivity contribution is 7.09. The van der Waals surface area contributed by atoms with Gasteiger partial charge in [0.05, 0.1) is 19.3 Å². The molecule has 1 amide bonds. The number of carbonyl (C=O) groups is 1. The summed E-state index contributed by atoms with van der Waals surface area (Å²) in [7, 11) is 0. The van der Waals surface area contributed by atoms with Gasteiger partial charge in [0.2, 0.25) is 5.91 Å². The first-order chi connectivity index (χ1) is 8.31. The number of hydrogen-bond acceptors (Lipinski definition) is 4. The van der Waals surface area contributed by atoms with Crippen molar-refractivity contribution in [3.63, 3.8) is 0 Å². The molecule has 1 unspecified atom stereocenters. The topological polar surface area (TPSA) is 53.3 Å². The first kappa shape index (κ1) is 12.1. The highest BCUT2D eigenvalue weighted by Gasteiger charge is 2.25. The standard InChI is InChI=1S/C12H14N2O2S/c13-9-10(8-11-2-1-7-17-11)12(15)14-3-5-16-6-4-14/h1-2,7,10H,3-6,8H2. The van der Waals surface area contributed by atoms with E-state index in [0.29, 0.717) is 32.7 Å². The van der Waals surface area contributed by atoms with Gasteiger partial charge in [-0.05, 0) is 11.4 Å². The van der Waals surface area contributed by atoms with E-state index in [1.807, 2.05) is 17.5 Å². The number of carbonyl (C=O) groups excluding carboxylic acids is 1. The molecule has 1 aliphatic heterocycles. The van der Waals surface area contributed by atoms with Gasteiger partial charge < -0.3 is 9.64 Å². The number of amides is 1. The summed E-state index contributed by atoms with van der Waals surface area (Å²) >= 11 is 1.58. The Morgan fingerprint density at radius 1 is 1.59 bits per heavy atom. The summed E-state index contributed by atoms with van der Waals surface area (Å²) in [5, 5.41) is 11.1. The highest BCUT2D eigenvalue weighted by atomic mass is 32.1. The molecule has 0 aromatic carbocycles. The van der Waals surface area contributed by atoms with Crippen LogP contribution in [0.4, 0.5) is 0 Å². The molecule has 1 aromatic rings. The van der Waals surface area contributed by atoms with Crippen molar-refractivity contribution in [3.8, 4) is 6.07 Å². The Morgan fingerprint density at radius 3 is 2.94 bits per heavy atom. The van der Waals surface area contributed by atoms with Crippen LogP contribution in [0.2, 0.25) is 0 Å². The Hall–Kier alpha value is -1.38. The van der Waals surface area contributed by atoms with E-state index >= 15 is 0 Å². The van der Waals surface area contributed by atoms with Gasteiger partial charge in [0.1, 0.15) is 5.92 Å². The lowest BCUT2D eigenvalue weighted by atomic mass is 10.0. The van der Waals surface area contributed by atoms with Gasteiger partial charge in [-0.25, -0.2) is 0 Å². The summed E-state index contributed by atoms with van der Waals surface area (Å²) < 4.78 is 5.19. The third kappa shape index (κ3) is 3.05. The summed E-state index contributed by atoms with van der Waals surface area (Å²) in [6.45, 7) is 2.34. The Bertz CT molecular complexity index is 405. The van der Waals surface area contributed by atoms with Gasteiger partial charge in [-0.1, -0.05) is 6.07 Å². The molecule has 5 heteroatoms. The quantitative estimate of drug-likeness (QED) is 0.812. The predicted molar refractivity (Wildman–Crippen MR) is 64.5 cm³/mol. The van der Waals surface area contributed by atoms with Crippen molar-refractivity contribution in [1.82, 2.24) is 4.90 Å². The predicted octanol–water partition coefficient (Wildman–Crippen LogP) is 1.29. The van der Waals surface area contributed by atoms with E-state index in [1.54, 1.807) is 16.2 Å². The van der Waals surface area contributed by atoms with Crippen molar-refractivity contribution in [2.24, 2.45) is 5.92 Å². The van der Waals surface area contributed by atoms with Gasteiger partial charge in [-0.3, -0.25) is 4.79 Å². The monoisotopic (exact) mass is 250 g/mol. The van der Waals surface area contributed by atoms with Gasteiger partial charge in [0, 0.05) is 24.4 Å². The number of rotatable bonds is 3. The van der Waals surface area contributed by atoms with Gasteiger partial charge >= 0.3 is 0 Å². The summed E-state index contributed by atoms with van der Waals surface area (Å²) in [5.41, 5.74) is 0. The molecule has 1 fully saturated rings. The second-order valence-electron chi connectivity index (χ2n) is 3.90. The molecule has 1 saturated heterocycles. The normalized spacial score (nSPS) is 17.5. The van der Waals surface area contributed by atoms with Crippen LogP contribution in [0.5, 0.6) is 0 Å². The van der Waals surface area contributed by atoms with Gasteiger partial charge in [0.25, 0.3) is 0 Å². The summed E-state index contributed by atoms with van der Waals surface area (Å²) in [4.78, 5) is 14.9. The van der Waals surface area contributed by atoms with Crippen LogP contribution in [0.1, 0.15) is 4.88 Å². The van der Waals surface area contributed by atoms with Crippen molar-refractivity contribution in [2.75, 3.05) is 26.3 Å². The van der Waals surface area contributed by atoms with Crippen LogP contribution in [0.15, 0.2) is 17.5 Å². The van der Waals surface area contributed by atoms with E-state index in [-0.39, 0.29) is 5.91 Å². The molecule has 17 heavy (non-hydrogen) atoms. The zero-order valence-electron chi connectivity index (χ0n) is 9.46. The third-order valence-electron chi connectivity index (χ3n) is 2.76. The molecule has 0 saturated carbocycles. The fourth-order valence-electron chi connectivity index (χ4n) is 1.82. The molecule has 1 atom stereocenters. The van der Waals surface area contributed by atoms with E-state index in [4.69, 9.17) is 10.00 Å². The van der Waals surface area contributed by atoms with Crippen molar-refractivity contribution in [1.29, 1.82) is 5.26 Å². The minimum atomic E-state index is -0.563. The fourth-order valence-corrected chi connectivity index (χ4v) is 2.57. The maximum absolute atomic E-state index is 12.1. The lowest BCUT2D eigenvalue weighted by Crippen LogP contribution is -2.43. The van der Waals surface area contributed by atoms with Crippen LogP contribution in [0, 0.1) is 17.2 Å². The lowest BCUT2D eigenvalue weighted by Gasteiger charge is -2.28. The number of nitriles is 1. The van der Waals surface area contributed by atoms with Crippen molar-refractivity contribution < 1.29 is 9.53 Å². The maximum Gasteiger partial charge on any atom is 0.240 e. The van der Waals surface area contributed by atoms with Crippen LogP contribution in [0.3, 0.4) is 0 Å². The molecule has 1 aromatic heterocycles. The highest BCUT2D eigenvalue weighted by Crippen LogP contribution is 2.16. The average molecular weight is 250 g/mol. The van der Waals surface area contributed by atoms with Gasteiger partial charge in [0.15, 0.2) is 0 Å². The van der Waals surface area contributed by atoms with E-state index < -0.39 is 5.92 Å². The SMILES string of the molecule is N#CC(Cc1cccs1)C(=O)N1CCOCC1. The molecule has 0 N–H and O–H groups in total. The number of morpholine rings is 1.